The third-order valence-electron chi connectivity index (χ3n) is 2.94. The maximum Gasteiger partial charge on any atom is 0.124 e. The standard InChI is InChI=1S/C17H18N2O2/c1-13(19-12-15-7-3-5-9-17(15)21)10-18-11-14-6-2-4-8-16(14)20/h2-9,11-13,20-21H,10H2,1H3/t13-/m1/s1. The SMILES string of the molecule is C[C@H](CN=Cc1ccccc1O)N=Cc1ccccc1O. The largest absolute Gasteiger partial charge is 0.507 e. The van der Waals surface area contributed by atoms with E-state index < -0.39 is 0 Å². The summed E-state index contributed by atoms with van der Waals surface area (Å²) in [6.07, 6.45) is 3.29. The van der Waals surface area contributed by atoms with E-state index in [0.29, 0.717) is 17.7 Å². The van der Waals surface area contributed by atoms with E-state index in [9.17, 15) is 10.2 Å². The van der Waals surface area contributed by atoms with Crippen LogP contribution in [0.15, 0.2) is 58.5 Å². The van der Waals surface area contributed by atoms with E-state index in [1.54, 1.807) is 48.8 Å². The van der Waals surface area contributed by atoms with Crippen molar-refractivity contribution in [2.75, 3.05) is 6.54 Å². The van der Waals surface area contributed by atoms with Crippen LogP contribution in [0, 0.1) is 0 Å². The van der Waals surface area contributed by atoms with Gasteiger partial charge in [0, 0.05) is 23.6 Å². The Balaban J connectivity index is 1.92. The minimum Gasteiger partial charge on any atom is -0.507 e. The molecule has 0 aromatic heterocycles. The average Bonchev–Trinajstić information content (AvgIpc) is 2.48. The van der Waals surface area contributed by atoms with Gasteiger partial charge in [-0.15, -0.1) is 0 Å². The Kier molecular flexibility index (Phi) is 5.10. The van der Waals surface area contributed by atoms with Crippen LogP contribution in [-0.4, -0.2) is 35.2 Å². The Morgan fingerprint density at radius 1 is 0.905 bits per heavy atom. The zero-order valence-corrected chi connectivity index (χ0v) is 11.8. The van der Waals surface area contributed by atoms with Crippen LogP contribution in [0.2, 0.25) is 0 Å². The van der Waals surface area contributed by atoms with Gasteiger partial charge in [0.1, 0.15) is 11.5 Å². The first-order valence-corrected chi connectivity index (χ1v) is 6.76. The maximum atomic E-state index is 9.63. The average molecular weight is 282 g/mol. The lowest BCUT2D eigenvalue weighted by molar-refractivity contribution is 0.474. The number of nitrogens with zero attached hydrogens (tertiary/aromatic N) is 2. The number of phenolic OH excluding ortho intramolecular Hbond substituents is 2. The third kappa shape index (κ3) is 4.45. The predicted molar refractivity (Wildman–Crippen MR) is 85.7 cm³/mol. The smallest absolute Gasteiger partial charge is 0.124 e. The molecule has 0 bridgehead atoms. The van der Waals surface area contributed by atoms with E-state index in [0.717, 1.165) is 0 Å². The van der Waals surface area contributed by atoms with Crippen LogP contribution in [0.1, 0.15) is 18.1 Å². The first kappa shape index (κ1) is 14.8. The lowest BCUT2D eigenvalue weighted by Crippen LogP contribution is -2.04. The Bertz CT molecular complexity index is 651. The second-order valence-electron chi connectivity index (χ2n) is 4.74. The summed E-state index contributed by atoms with van der Waals surface area (Å²) < 4.78 is 0. The van der Waals surface area contributed by atoms with Gasteiger partial charge in [-0.3, -0.25) is 9.98 Å². The molecular formula is C17H18N2O2. The highest BCUT2D eigenvalue weighted by Gasteiger charge is 1.99. The highest BCUT2D eigenvalue weighted by Crippen LogP contribution is 2.14. The van der Waals surface area contributed by atoms with E-state index in [2.05, 4.69) is 9.98 Å². The summed E-state index contributed by atoms with van der Waals surface area (Å²) in [5.74, 6) is 0.428. The summed E-state index contributed by atoms with van der Waals surface area (Å²) in [6, 6.07) is 14.1. The van der Waals surface area contributed by atoms with Crippen LogP contribution in [0.4, 0.5) is 0 Å². The molecule has 0 heterocycles. The highest BCUT2D eigenvalue weighted by atomic mass is 16.3. The first-order valence-electron chi connectivity index (χ1n) is 6.76. The molecule has 2 aromatic carbocycles. The molecule has 108 valence electrons. The molecule has 0 aliphatic rings. The highest BCUT2D eigenvalue weighted by molar-refractivity contribution is 5.84. The van der Waals surface area contributed by atoms with Gasteiger partial charge in [-0.25, -0.2) is 0 Å². The molecule has 2 aromatic rings. The first-order chi connectivity index (χ1) is 10.2. The molecule has 0 saturated carbocycles. The number of hydrogen-bond donors (Lipinski definition) is 2. The number of hydrogen-bond acceptors (Lipinski definition) is 4. The molecule has 0 radical (unpaired) electrons. The molecular weight excluding hydrogens is 264 g/mol. The fraction of sp³-hybridized carbons (Fsp3) is 0.176. The molecule has 0 aliphatic heterocycles. The number of aliphatic imine (C=N–C) groups is 2. The van der Waals surface area contributed by atoms with E-state index in [1.807, 2.05) is 19.1 Å². The minimum absolute atomic E-state index is 0.00767. The van der Waals surface area contributed by atoms with Gasteiger partial charge < -0.3 is 10.2 Å². The van der Waals surface area contributed by atoms with Crippen LogP contribution in [0.25, 0.3) is 0 Å². The molecule has 1 atom stereocenters. The summed E-state index contributed by atoms with van der Waals surface area (Å²) in [5.41, 5.74) is 1.38. The van der Waals surface area contributed by atoms with E-state index >= 15 is 0 Å². The monoisotopic (exact) mass is 282 g/mol. The van der Waals surface area contributed by atoms with Crippen LogP contribution >= 0.6 is 0 Å². The molecule has 0 saturated heterocycles. The quantitative estimate of drug-likeness (QED) is 0.828. The summed E-state index contributed by atoms with van der Waals surface area (Å²) in [6.45, 7) is 2.46. The number of benzene rings is 2. The van der Waals surface area contributed by atoms with Crippen molar-refractivity contribution in [2.45, 2.75) is 13.0 Å². The molecule has 2 rings (SSSR count). The summed E-state index contributed by atoms with van der Waals surface area (Å²) in [5, 5.41) is 19.2. The van der Waals surface area contributed by atoms with Gasteiger partial charge in [0.05, 0.1) is 12.6 Å². The normalized spacial score (nSPS) is 13.0. The summed E-state index contributed by atoms with van der Waals surface area (Å²) in [7, 11) is 0. The zero-order valence-electron chi connectivity index (χ0n) is 11.8. The summed E-state index contributed by atoms with van der Waals surface area (Å²) >= 11 is 0. The van der Waals surface area contributed by atoms with E-state index in [4.69, 9.17) is 0 Å². The predicted octanol–water partition coefficient (Wildman–Crippen LogP) is 3.02. The molecule has 0 aliphatic carbocycles. The van der Waals surface area contributed by atoms with Gasteiger partial charge in [0.2, 0.25) is 0 Å². The number of para-hydroxylation sites is 2. The van der Waals surface area contributed by atoms with Crippen molar-refractivity contribution in [1.29, 1.82) is 0 Å². The van der Waals surface area contributed by atoms with Crippen molar-refractivity contribution in [3.8, 4) is 11.5 Å². The molecule has 0 amide bonds. The second-order valence-corrected chi connectivity index (χ2v) is 4.74. The number of rotatable bonds is 5. The van der Waals surface area contributed by atoms with E-state index in [1.165, 1.54) is 0 Å². The number of aromatic hydroxyl groups is 2. The molecule has 0 unspecified atom stereocenters. The molecule has 2 N–H and O–H groups in total. The molecule has 0 spiro atoms. The molecule has 0 fully saturated rings. The molecule has 4 heteroatoms. The molecule has 4 nitrogen and oxygen atoms in total. The number of phenols is 2. The van der Waals surface area contributed by atoms with Gasteiger partial charge in [0.25, 0.3) is 0 Å². The Hall–Kier alpha value is -2.62. The van der Waals surface area contributed by atoms with E-state index in [-0.39, 0.29) is 17.5 Å². The van der Waals surface area contributed by atoms with Crippen molar-refractivity contribution in [1.82, 2.24) is 0 Å². The maximum absolute atomic E-state index is 9.63. The zero-order chi connectivity index (χ0) is 15.1. The topological polar surface area (TPSA) is 65.2 Å². The van der Waals surface area contributed by atoms with Gasteiger partial charge in [-0.05, 0) is 31.2 Å². The molecule has 21 heavy (non-hydrogen) atoms. The van der Waals surface area contributed by atoms with Gasteiger partial charge >= 0.3 is 0 Å². The Morgan fingerprint density at radius 2 is 1.43 bits per heavy atom. The van der Waals surface area contributed by atoms with Crippen molar-refractivity contribution in [2.24, 2.45) is 9.98 Å². The van der Waals surface area contributed by atoms with Crippen LogP contribution in [-0.2, 0) is 0 Å². The lowest BCUT2D eigenvalue weighted by Gasteiger charge is -2.03. The second kappa shape index (κ2) is 7.24. The van der Waals surface area contributed by atoms with Crippen molar-refractivity contribution >= 4 is 12.4 Å². The fourth-order valence-electron chi connectivity index (χ4n) is 1.75. The van der Waals surface area contributed by atoms with Gasteiger partial charge in [0.15, 0.2) is 0 Å². The van der Waals surface area contributed by atoms with Gasteiger partial charge in [-0.1, -0.05) is 24.3 Å². The van der Waals surface area contributed by atoms with Crippen LogP contribution in [0.5, 0.6) is 11.5 Å². The van der Waals surface area contributed by atoms with Crippen LogP contribution in [0.3, 0.4) is 0 Å². The lowest BCUT2D eigenvalue weighted by atomic mass is 10.2. The van der Waals surface area contributed by atoms with Crippen molar-refractivity contribution in [3.05, 3.63) is 59.7 Å². The van der Waals surface area contributed by atoms with Crippen molar-refractivity contribution in [3.63, 3.8) is 0 Å². The Morgan fingerprint density at radius 3 is 2.00 bits per heavy atom. The van der Waals surface area contributed by atoms with Gasteiger partial charge in [-0.2, -0.15) is 0 Å². The third-order valence-corrected chi connectivity index (χ3v) is 2.94. The van der Waals surface area contributed by atoms with Crippen molar-refractivity contribution < 1.29 is 10.2 Å². The minimum atomic E-state index is -0.00767. The van der Waals surface area contributed by atoms with Crippen LogP contribution < -0.4 is 0 Å². The fourth-order valence-corrected chi connectivity index (χ4v) is 1.75. The summed E-state index contributed by atoms with van der Waals surface area (Å²) in [4.78, 5) is 8.62. The Labute approximate surface area is 124 Å².